The van der Waals surface area contributed by atoms with Crippen LogP contribution < -0.4 is 14.8 Å². The van der Waals surface area contributed by atoms with Crippen LogP contribution in [0.15, 0.2) is 18.2 Å². The number of nitrogens with one attached hydrogen (secondary N) is 1. The minimum absolute atomic E-state index is 0.106. The first-order valence-corrected chi connectivity index (χ1v) is 6.81. The first kappa shape index (κ1) is 15.7. The van der Waals surface area contributed by atoms with Crippen LogP contribution in [0.5, 0.6) is 11.5 Å². The number of rotatable bonds is 5. The molecule has 0 aliphatic heterocycles. The van der Waals surface area contributed by atoms with E-state index in [0.29, 0.717) is 17.1 Å². The van der Waals surface area contributed by atoms with Crippen LogP contribution in [0.3, 0.4) is 0 Å². The number of hydrogen-bond acceptors (Lipinski definition) is 8. The molecule has 22 heavy (non-hydrogen) atoms. The first-order valence-electron chi connectivity index (χ1n) is 6.03. The van der Waals surface area contributed by atoms with Gasteiger partial charge in [-0.05, 0) is 12.1 Å². The second-order valence-electron chi connectivity index (χ2n) is 3.97. The number of ether oxygens (including phenoxy) is 3. The molecule has 116 valence electrons. The molecule has 0 aliphatic rings. The fourth-order valence-corrected chi connectivity index (χ4v) is 2.11. The summed E-state index contributed by atoms with van der Waals surface area (Å²) in [7, 11) is 4.21. The minimum Gasteiger partial charge on any atom is -0.497 e. The Kier molecular flexibility index (Phi) is 4.89. The van der Waals surface area contributed by atoms with E-state index >= 15 is 0 Å². The predicted octanol–water partition coefficient (Wildman–Crippen LogP) is 1.59. The summed E-state index contributed by atoms with van der Waals surface area (Å²) < 4.78 is 18.5. The summed E-state index contributed by atoms with van der Waals surface area (Å²) in [6.45, 7) is 0. The summed E-state index contributed by atoms with van der Waals surface area (Å²) in [5.41, 5.74) is 0.325. The number of benzene rings is 1. The van der Waals surface area contributed by atoms with Crippen LogP contribution in [0.2, 0.25) is 0 Å². The smallest absolute Gasteiger partial charge is 0.377 e. The van der Waals surface area contributed by atoms with Crippen molar-refractivity contribution >= 4 is 28.5 Å². The third-order valence-corrected chi connectivity index (χ3v) is 3.26. The third kappa shape index (κ3) is 3.50. The van der Waals surface area contributed by atoms with Gasteiger partial charge in [-0.3, -0.25) is 10.1 Å². The van der Waals surface area contributed by atoms with Crippen LogP contribution in [0.1, 0.15) is 21.0 Å². The van der Waals surface area contributed by atoms with Gasteiger partial charge in [0.1, 0.15) is 11.5 Å². The Labute approximate surface area is 130 Å². The first-order chi connectivity index (χ1) is 10.6. The van der Waals surface area contributed by atoms with Gasteiger partial charge in [-0.15, -0.1) is 0 Å². The van der Waals surface area contributed by atoms with Crippen LogP contribution in [-0.4, -0.2) is 42.6 Å². The van der Waals surface area contributed by atoms with E-state index in [-0.39, 0.29) is 11.0 Å². The largest absolute Gasteiger partial charge is 0.497 e. The number of carbonyl (C=O) groups is 2. The molecule has 0 aliphatic carbocycles. The highest BCUT2D eigenvalue weighted by Gasteiger charge is 2.16. The molecule has 0 saturated heterocycles. The highest BCUT2D eigenvalue weighted by Crippen LogP contribution is 2.23. The molecular formula is C13H13N3O5S. The zero-order valence-electron chi connectivity index (χ0n) is 12.1. The van der Waals surface area contributed by atoms with Crippen LogP contribution in [-0.2, 0) is 4.74 Å². The van der Waals surface area contributed by atoms with E-state index in [0.717, 1.165) is 11.5 Å². The molecule has 0 saturated carbocycles. The van der Waals surface area contributed by atoms with Crippen molar-refractivity contribution in [2.24, 2.45) is 0 Å². The highest BCUT2D eigenvalue weighted by atomic mass is 32.1. The lowest BCUT2D eigenvalue weighted by Gasteiger charge is -2.07. The van der Waals surface area contributed by atoms with Crippen molar-refractivity contribution in [3.63, 3.8) is 0 Å². The van der Waals surface area contributed by atoms with E-state index in [4.69, 9.17) is 9.47 Å². The van der Waals surface area contributed by atoms with Gasteiger partial charge >= 0.3 is 5.97 Å². The molecule has 1 aromatic carbocycles. The third-order valence-electron chi connectivity index (χ3n) is 2.63. The summed E-state index contributed by atoms with van der Waals surface area (Å²) in [5, 5.41) is 2.73. The molecule has 1 amide bonds. The number of carbonyl (C=O) groups excluding carboxylic acids is 2. The number of hydrogen-bond donors (Lipinski definition) is 1. The van der Waals surface area contributed by atoms with Gasteiger partial charge in [-0.2, -0.15) is 9.36 Å². The van der Waals surface area contributed by atoms with Crippen molar-refractivity contribution in [2.45, 2.75) is 0 Å². The maximum absolute atomic E-state index is 12.2. The normalized spacial score (nSPS) is 9.95. The van der Waals surface area contributed by atoms with Gasteiger partial charge in [-0.25, -0.2) is 4.79 Å². The molecular weight excluding hydrogens is 310 g/mol. The lowest BCUT2D eigenvalue weighted by atomic mass is 10.2. The summed E-state index contributed by atoms with van der Waals surface area (Å²) >= 11 is 0.880. The van der Waals surface area contributed by atoms with Gasteiger partial charge in [0.15, 0.2) is 0 Å². The molecule has 0 atom stereocenters. The van der Waals surface area contributed by atoms with E-state index in [1.54, 1.807) is 18.2 Å². The van der Waals surface area contributed by atoms with Crippen molar-refractivity contribution in [3.05, 3.63) is 29.6 Å². The van der Waals surface area contributed by atoms with Crippen LogP contribution >= 0.6 is 11.5 Å². The molecule has 2 aromatic rings. The standard InChI is InChI=1S/C13H13N3O5S/c1-19-8-4-7(5-9(6-8)20-2)11(17)15-13-14-10(16-22-13)12(18)21-3/h4-6H,1-3H3,(H,14,15,16,17). The lowest BCUT2D eigenvalue weighted by molar-refractivity contribution is 0.0588. The number of nitrogens with zero attached hydrogens (tertiary/aromatic N) is 2. The van der Waals surface area contributed by atoms with E-state index in [1.165, 1.54) is 21.3 Å². The highest BCUT2D eigenvalue weighted by molar-refractivity contribution is 7.10. The Morgan fingerprint density at radius 2 is 1.73 bits per heavy atom. The van der Waals surface area contributed by atoms with E-state index in [1.807, 2.05) is 0 Å². The summed E-state index contributed by atoms with van der Waals surface area (Å²) in [6.07, 6.45) is 0. The number of aromatic nitrogens is 2. The van der Waals surface area contributed by atoms with Crippen LogP contribution in [0, 0.1) is 0 Å². The topological polar surface area (TPSA) is 99.6 Å². The lowest BCUT2D eigenvalue weighted by Crippen LogP contribution is -2.12. The van der Waals surface area contributed by atoms with Gasteiger partial charge in [0.05, 0.1) is 21.3 Å². The van der Waals surface area contributed by atoms with Crippen LogP contribution in [0.4, 0.5) is 5.13 Å². The Morgan fingerprint density at radius 1 is 1.09 bits per heavy atom. The van der Waals surface area contributed by atoms with Crippen LogP contribution in [0.25, 0.3) is 0 Å². The van der Waals surface area contributed by atoms with E-state index < -0.39 is 11.9 Å². The van der Waals surface area contributed by atoms with Gasteiger partial charge in [0.25, 0.3) is 11.7 Å². The van der Waals surface area contributed by atoms with Crippen molar-refractivity contribution < 1.29 is 23.8 Å². The second-order valence-corrected chi connectivity index (χ2v) is 4.72. The number of anilines is 1. The summed E-state index contributed by atoms with van der Waals surface area (Å²) in [4.78, 5) is 27.3. The molecule has 8 nitrogen and oxygen atoms in total. The zero-order chi connectivity index (χ0) is 16.1. The number of amides is 1. The molecule has 1 heterocycles. The molecule has 0 radical (unpaired) electrons. The van der Waals surface area contributed by atoms with Gasteiger partial charge in [0, 0.05) is 23.2 Å². The van der Waals surface area contributed by atoms with E-state index in [2.05, 4.69) is 19.4 Å². The monoisotopic (exact) mass is 323 g/mol. The molecule has 1 aromatic heterocycles. The Hall–Kier alpha value is -2.68. The minimum atomic E-state index is -0.667. The average molecular weight is 323 g/mol. The van der Waals surface area contributed by atoms with E-state index in [9.17, 15) is 9.59 Å². The van der Waals surface area contributed by atoms with Gasteiger partial charge in [-0.1, -0.05) is 0 Å². The molecule has 0 unspecified atom stereocenters. The SMILES string of the molecule is COC(=O)c1nsc(NC(=O)c2cc(OC)cc(OC)c2)n1. The predicted molar refractivity (Wildman–Crippen MR) is 78.7 cm³/mol. The quantitative estimate of drug-likeness (QED) is 0.834. The van der Waals surface area contributed by atoms with Gasteiger partial charge in [0.2, 0.25) is 5.13 Å². The fraction of sp³-hybridized carbons (Fsp3) is 0.231. The van der Waals surface area contributed by atoms with Gasteiger partial charge < -0.3 is 14.2 Å². The molecule has 0 fully saturated rings. The molecule has 1 N–H and O–H groups in total. The number of esters is 1. The fourth-order valence-electron chi connectivity index (χ4n) is 1.56. The van der Waals surface area contributed by atoms with Crippen molar-refractivity contribution in [1.82, 2.24) is 9.36 Å². The number of methoxy groups -OCH3 is 3. The summed E-state index contributed by atoms with van der Waals surface area (Å²) in [5.74, 6) is -0.232. The molecule has 0 bridgehead atoms. The van der Waals surface area contributed by atoms with Crippen molar-refractivity contribution in [3.8, 4) is 11.5 Å². The molecule has 2 rings (SSSR count). The Bertz CT molecular complexity index is 678. The van der Waals surface area contributed by atoms with Crippen molar-refractivity contribution in [1.29, 1.82) is 0 Å². The molecule has 9 heteroatoms. The maximum atomic E-state index is 12.2. The summed E-state index contributed by atoms with van der Waals surface area (Å²) in [6, 6.07) is 4.76. The molecule has 0 spiro atoms. The second kappa shape index (κ2) is 6.85. The zero-order valence-corrected chi connectivity index (χ0v) is 12.9. The Balaban J connectivity index is 2.18. The van der Waals surface area contributed by atoms with Crippen molar-refractivity contribution in [2.75, 3.05) is 26.6 Å². The Morgan fingerprint density at radius 3 is 2.27 bits per heavy atom. The average Bonchev–Trinajstić information content (AvgIpc) is 3.01. The maximum Gasteiger partial charge on any atom is 0.377 e.